The molecule has 4 N–H and O–H groups in total. The van der Waals surface area contributed by atoms with Crippen LogP contribution in [0.5, 0.6) is 0 Å². The molecule has 2 aromatic rings. The number of aliphatic hydroxyl groups is 2. The summed E-state index contributed by atoms with van der Waals surface area (Å²) in [4.78, 5) is 4.10. The van der Waals surface area contributed by atoms with Crippen LogP contribution >= 0.6 is 23.4 Å². The number of nitrogen functional groups attached to an aromatic ring is 1. The Morgan fingerprint density at radius 1 is 1.21 bits per heavy atom. The molecule has 24 heavy (non-hydrogen) atoms. The monoisotopic (exact) mass is 360 g/mol. The molecule has 6 nitrogen and oxygen atoms in total. The highest BCUT2D eigenvalue weighted by Gasteiger charge is 2.21. The van der Waals surface area contributed by atoms with Gasteiger partial charge in [0.15, 0.2) is 0 Å². The Bertz CT molecular complexity index is 828. The molecule has 122 valence electrons. The van der Waals surface area contributed by atoms with Gasteiger partial charge in [-0.3, -0.25) is 0 Å². The minimum Gasteiger partial charge on any atom is -0.394 e. The minimum atomic E-state index is -0.945. The maximum atomic E-state index is 9.56. The lowest BCUT2D eigenvalue weighted by molar-refractivity contribution is 0.113. The first-order valence-corrected chi connectivity index (χ1v) is 8.19. The van der Waals surface area contributed by atoms with Crippen molar-refractivity contribution in [3.05, 3.63) is 40.4 Å². The van der Waals surface area contributed by atoms with Gasteiger partial charge in [-0.1, -0.05) is 23.7 Å². The number of benzene rings is 1. The molecule has 0 aliphatic carbocycles. The summed E-state index contributed by atoms with van der Waals surface area (Å²) in [6.07, 6.45) is -0.945. The maximum absolute atomic E-state index is 9.56. The zero-order valence-electron chi connectivity index (χ0n) is 12.4. The fraction of sp³-hybridized carbons (Fsp3) is 0.188. The largest absolute Gasteiger partial charge is 0.394 e. The molecule has 0 saturated carbocycles. The molecule has 1 heterocycles. The maximum Gasteiger partial charge on any atom is 0.143 e. The fourth-order valence-corrected chi connectivity index (χ4v) is 3.07. The zero-order valence-corrected chi connectivity index (χ0v) is 14.0. The van der Waals surface area contributed by atoms with Crippen LogP contribution in [-0.4, -0.2) is 33.7 Å². The Labute approximate surface area is 148 Å². The standard InChI is InChI=1S/C16H13ClN4O2S/c17-10-3-1-9(2-4-10)14-12(5-18)15(20)21-16(13(14)6-19)24-8-11(23)7-22/h1-4,11,22-23H,7-8H2,(H2,20,21). The Hall–Kier alpha value is -2.29. The summed E-state index contributed by atoms with van der Waals surface area (Å²) in [6, 6.07) is 10.7. The van der Waals surface area contributed by atoms with Crippen molar-refractivity contribution in [1.82, 2.24) is 4.98 Å². The summed E-state index contributed by atoms with van der Waals surface area (Å²) in [6.45, 7) is -0.398. The lowest BCUT2D eigenvalue weighted by Gasteiger charge is -2.14. The molecule has 0 spiro atoms. The Balaban J connectivity index is 2.63. The molecule has 0 bridgehead atoms. The van der Waals surface area contributed by atoms with E-state index in [0.717, 1.165) is 11.8 Å². The van der Waals surface area contributed by atoms with Gasteiger partial charge in [-0.25, -0.2) is 4.98 Å². The molecule has 1 atom stereocenters. The summed E-state index contributed by atoms with van der Waals surface area (Å²) in [5.41, 5.74) is 7.17. The number of aromatic nitrogens is 1. The van der Waals surface area contributed by atoms with Crippen molar-refractivity contribution < 1.29 is 10.2 Å². The highest BCUT2D eigenvalue weighted by Crippen LogP contribution is 2.36. The predicted molar refractivity (Wildman–Crippen MR) is 92.3 cm³/mol. The van der Waals surface area contributed by atoms with Crippen LogP contribution in [0.3, 0.4) is 0 Å². The third kappa shape index (κ3) is 3.78. The lowest BCUT2D eigenvalue weighted by atomic mass is 9.97. The number of pyridine rings is 1. The first-order valence-electron chi connectivity index (χ1n) is 6.83. The van der Waals surface area contributed by atoms with E-state index in [4.69, 9.17) is 22.4 Å². The first kappa shape index (κ1) is 18.1. The number of hydrogen-bond donors (Lipinski definition) is 3. The second kappa shape index (κ2) is 8.00. The Kier molecular flexibility index (Phi) is 6.02. The molecule has 0 saturated heterocycles. The van der Waals surface area contributed by atoms with E-state index in [9.17, 15) is 15.6 Å². The number of aliphatic hydroxyl groups excluding tert-OH is 2. The van der Waals surface area contributed by atoms with Gasteiger partial charge in [0, 0.05) is 16.3 Å². The summed E-state index contributed by atoms with van der Waals surface area (Å²) in [7, 11) is 0. The van der Waals surface area contributed by atoms with Gasteiger partial charge >= 0.3 is 0 Å². The van der Waals surface area contributed by atoms with Crippen LogP contribution in [0.4, 0.5) is 5.82 Å². The second-order valence-corrected chi connectivity index (χ2v) is 6.25. The first-order chi connectivity index (χ1) is 11.5. The normalized spacial score (nSPS) is 11.5. The van der Waals surface area contributed by atoms with Crippen molar-refractivity contribution in [2.24, 2.45) is 0 Å². The summed E-state index contributed by atoms with van der Waals surface area (Å²) < 4.78 is 0. The van der Waals surface area contributed by atoms with E-state index in [2.05, 4.69) is 11.1 Å². The van der Waals surface area contributed by atoms with Gasteiger partial charge < -0.3 is 15.9 Å². The van der Waals surface area contributed by atoms with Crippen LogP contribution in [0.1, 0.15) is 11.1 Å². The SMILES string of the molecule is N#Cc1c(N)nc(SCC(O)CO)c(C#N)c1-c1ccc(Cl)cc1. The highest BCUT2D eigenvalue weighted by atomic mass is 35.5. The van der Waals surface area contributed by atoms with Gasteiger partial charge in [-0.2, -0.15) is 10.5 Å². The van der Waals surface area contributed by atoms with Crippen LogP contribution in [0.15, 0.2) is 29.3 Å². The van der Waals surface area contributed by atoms with Crippen molar-refractivity contribution in [3.63, 3.8) is 0 Å². The van der Waals surface area contributed by atoms with Crippen LogP contribution in [0, 0.1) is 22.7 Å². The molecule has 0 radical (unpaired) electrons. The molecule has 0 amide bonds. The van der Waals surface area contributed by atoms with E-state index in [-0.39, 0.29) is 22.7 Å². The molecule has 0 aliphatic heterocycles. The minimum absolute atomic E-state index is 0.00226. The topological polar surface area (TPSA) is 127 Å². The molecule has 1 aromatic carbocycles. The molecule has 8 heteroatoms. The van der Waals surface area contributed by atoms with Gasteiger partial charge in [0.2, 0.25) is 0 Å². The molecule has 0 aliphatic rings. The summed E-state index contributed by atoms with van der Waals surface area (Å²) >= 11 is 6.98. The predicted octanol–water partition coefficient (Wildman–Crippen LogP) is 2.17. The Morgan fingerprint density at radius 2 is 1.83 bits per heavy atom. The van der Waals surface area contributed by atoms with Crippen molar-refractivity contribution in [3.8, 4) is 23.3 Å². The number of halogens is 1. The van der Waals surface area contributed by atoms with Crippen LogP contribution in [0.25, 0.3) is 11.1 Å². The van der Waals surface area contributed by atoms with Gasteiger partial charge in [0.05, 0.1) is 18.3 Å². The number of hydrogen-bond acceptors (Lipinski definition) is 7. The number of nitrogens with zero attached hydrogens (tertiary/aromatic N) is 3. The quantitative estimate of drug-likeness (QED) is 0.697. The van der Waals surface area contributed by atoms with Crippen LogP contribution in [-0.2, 0) is 0 Å². The molecular weight excluding hydrogens is 348 g/mol. The highest BCUT2D eigenvalue weighted by molar-refractivity contribution is 7.99. The molecule has 1 unspecified atom stereocenters. The molecular formula is C16H13ClN4O2S. The molecule has 2 rings (SSSR count). The van der Waals surface area contributed by atoms with E-state index < -0.39 is 12.7 Å². The zero-order chi connectivity index (χ0) is 17.7. The lowest BCUT2D eigenvalue weighted by Crippen LogP contribution is -2.15. The number of thioether (sulfide) groups is 1. The van der Waals surface area contributed by atoms with Crippen LogP contribution in [0.2, 0.25) is 5.02 Å². The third-order valence-electron chi connectivity index (χ3n) is 3.17. The number of nitrogens with two attached hydrogens (primary N) is 1. The van der Waals surface area contributed by atoms with Crippen molar-refractivity contribution in [2.75, 3.05) is 18.1 Å². The van der Waals surface area contributed by atoms with Crippen molar-refractivity contribution in [1.29, 1.82) is 10.5 Å². The van der Waals surface area contributed by atoms with Crippen LogP contribution < -0.4 is 5.73 Å². The van der Waals surface area contributed by atoms with Gasteiger partial charge in [-0.15, -0.1) is 11.8 Å². The van der Waals surface area contributed by atoms with E-state index in [0.29, 0.717) is 21.2 Å². The van der Waals surface area contributed by atoms with E-state index in [1.165, 1.54) is 0 Å². The van der Waals surface area contributed by atoms with Gasteiger partial charge in [0.25, 0.3) is 0 Å². The van der Waals surface area contributed by atoms with E-state index in [1.807, 2.05) is 6.07 Å². The number of rotatable bonds is 5. The number of anilines is 1. The average molecular weight is 361 g/mol. The number of nitriles is 2. The Morgan fingerprint density at radius 3 is 2.38 bits per heavy atom. The fourth-order valence-electron chi connectivity index (χ4n) is 2.04. The third-order valence-corrected chi connectivity index (χ3v) is 4.54. The van der Waals surface area contributed by atoms with Crippen molar-refractivity contribution >= 4 is 29.2 Å². The van der Waals surface area contributed by atoms with E-state index in [1.54, 1.807) is 24.3 Å². The average Bonchev–Trinajstić information content (AvgIpc) is 2.59. The smallest absolute Gasteiger partial charge is 0.143 e. The summed E-state index contributed by atoms with van der Waals surface area (Å²) in [5, 5.41) is 38.2. The second-order valence-electron chi connectivity index (χ2n) is 4.81. The van der Waals surface area contributed by atoms with Gasteiger partial charge in [0.1, 0.15) is 28.5 Å². The molecule has 1 aromatic heterocycles. The summed E-state index contributed by atoms with van der Waals surface area (Å²) in [5.74, 6) is 0.145. The van der Waals surface area contributed by atoms with E-state index >= 15 is 0 Å². The van der Waals surface area contributed by atoms with Gasteiger partial charge in [-0.05, 0) is 17.7 Å². The molecule has 0 fully saturated rings. The van der Waals surface area contributed by atoms with Crippen molar-refractivity contribution in [2.45, 2.75) is 11.1 Å².